The van der Waals surface area contributed by atoms with Crippen molar-refractivity contribution in [1.82, 2.24) is 9.80 Å². The Morgan fingerprint density at radius 1 is 1.00 bits per heavy atom. The molecule has 174 valence electrons. The molecule has 34 heavy (non-hydrogen) atoms. The van der Waals surface area contributed by atoms with Gasteiger partial charge in [0.15, 0.2) is 0 Å². The molecule has 6 rings (SSSR count). The highest BCUT2D eigenvalue weighted by Crippen LogP contribution is 2.46. The van der Waals surface area contributed by atoms with Crippen molar-refractivity contribution in [3.05, 3.63) is 59.7 Å². The van der Waals surface area contributed by atoms with Crippen molar-refractivity contribution in [2.75, 3.05) is 19.6 Å². The van der Waals surface area contributed by atoms with Crippen LogP contribution in [-0.2, 0) is 9.59 Å². The highest BCUT2D eigenvalue weighted by atomic mass is 16.2. The van der Waals surface area contributed by atoms with Gasteiger partial charge in [-0.05, 0) is 61.3 Å². The molecular formula is C27H28N4O3. The number of hydrogen-bond acceptors (Lipinski definition) is 4. The number of likely N-dealkylation sites (tertiary alicyclic amines) is 1. The number of rotatable bonds is 6. The summed E-state index contributed by atoms with van der Waals surface area (Å²) in [5.74, 6) is 1.20. The van der Waals surface area contributed by atoms with Crippen LogP contribution < -0.4 is 5.73 Å². The van der Waals surface area contributed by atoms with Crippen LogP contribution in [0.25, 0.3) is 11.1 Å². The van der Waals surface area contributed by atoms with Gasteiger partial charge in [0.25, 0.3) is 5.91 Å². The van der Waals surface area contributed by atoms with Crippen LogP contribution >= 0.6 is 0 Å². The Morgan fingerprint density at radius 2 is 1.74 bits per heavy atom. The van der Waals surface area contributed by atoms with E-state index in [4.69, 9.17) is 10.7 Å². The number of benzene rings is 2. The van der Waals surface area contributed by atoms with E-state index in [9.17, 15) is 14.4 Å². The van der Waals surface area contributed by atoms with Gasteiger partial charge in [0.05, 0.1) is 0 Å². The summed E-state index contributed by atoms with van der Waals surface area (Å²) in [6, 6.07) is 15.2. The molecule has 1 atom stereocenters. The minimum Gasteiger partial charge on any atom is -0.366 e. The first-order valence-corrected chi connectivity index (χ1v) is 12.1. The quantitative estimate of drug-likeness (QED) is 0.724. The monoisotopic (exact) mass is 456 g/mol. The molecule has 2 aromatic carbocycles. The third kappa shape index (κ3) is 3.69. The van der Waals surface area contributed by atoms with E-state index in [1.807, 2.05) is 46.2 Å². The molecular weight excluding hydrogens is 428 g/mol. The van der Waals surface area contributed by atoms with Crippen molar-refractivity contribution in [1.29, 1.82) is 0 Å². The van der Waals surface area contributed by atoms with E-state index in [-0.39, 0.29) is 17.7 Å². The lowest BCUT2D eigenvalue weighted by Gasteiger charge is -2.23. The molecule has 0 unspecified atom stereocenters. The Hall–Kier alpha value is -3.48. The molecule has 2 aromatic rings. The average Bonchev–Trinajstić information content (AvgIpc) is 3.78. The van der Waals surface area contributed by atoms with Crippen LogP contribution in [-0.4, -0.2) is 58.5 Å². The lowest BCUT2D eigenvalue weighted by molar-refractivity contribution is -0.131. The maximum Gasteiger partial charge on any atom is 0.256 e. The number of amidine groups is 1. The van der Waals surface area contributed by atoms with Crippen molar-refractivity contribution in [3.8, 4) is 11.1 Å². The summed E-state index contributed by atoms with van der Waals surface area (Å²) in [5.41, 5.74) is 8.12. The number of carbonyl (C=O) groups excluding carboxylic acids is 3. The molecule has 0 bridgehead atoms. The van der Waals surface area contributed by atoms with Crippen molar-refractivity contribution in [2.45, 2.75) is 37.6 Å². The largest absolute Gasteiger partial charge is 0.366 e. The van der Waals surface area contributed by atoms with Gasteiger partial charge < -0.3 is 10.6 Å². The van der Waals surface area contributed by atoms with Gasteiger partial charge >= 0.3 is 0 Å². The summed E-state index contributed by atoms with van der Waals surface area (Å²) in [7, 11) is 0. The van der Waals surface area contributed by atoms with E-state index >= 15 is 0 Å². The van der Waals surface area contributed by atoms with Gasteiger partial charge in [-0.2, -0.15) is 0 Å². The molecule has 2 aliphatic heterocycles. The molecule has 3 fully saturated rings. The predicted molar refractivity (Wildman–Crippen MR) is 128 cm³/mol. The minimum atomic E-state index is -0.564. The summed E-state index contributed by atoms with van der Waals surface area (Å²) in [5, 5.41) is 0. The second-order valence-electron chi connectivity index (χ2n) is 10.1. The Labute approximate surface area is 198 Å². The van der Waals surface area contributed by atoms with Gasteiger partial charge in [-0.25, -0.2) is 0 Å². The fourth-order valence-corrected chi connectivity index (χ4v) is 5.18. The van der Waals surface area contributed by atoms with Gasteiger partial charge in [-0.15, -0.1) is 0 Å². The first-order chi connectivity index (χ1) is 16.4. The fraction of sp³-hybridized carbons (Fsp3) is 0.407. The number of nitrogens with zero attached hydrogens (tertiary/aromatic N) is 3. The van der Waals surface area contributed by atoms with E-state index in [2.05, 4.69) is 0 Å². The second-order valence-corrected chi connectivity index (χ2v) is 10.1. The zero-order chi connectivity index (χ0) is 23.4. The molecule has 4 aliphatic rings. The number of carbonyl (C=O) groups is 3. The van der Waals surface area contributed by atoms with Gasteiger partial charge in [0, 0.05) is 36.7 Å². The van der Waals surface area contributed by atoms with Crippen LogP contribution in [0.1, 0.15) is 48.0 Å². The Kier molecular flexibility index (Phi) is 4.83. The Morgan fingerprint density at radius 3 is 2.41 bits per heavy atom. The highest BCUT2D eigenvalue weighted by molar-refractivity contribution is 6.16. The molecule has 2 saturated carbocycles. The third-order valence-electron chi connectivity index (χ3n) is 7.53. The van der Waals surface area contributed by atoms with Crippen LogP contribution in [0.3, 0.4) is 0 Å². The molecule has 2 heterocycles. The zero-order valence-corrected chi connectivity index (χ0v) is 19.1. The molecule has 7 nitrogen and oxygen atoms in total. The fourth-order valence-electron chi connectivity index (χ4n) is 5.18. The standard InChI is InChI=1S/C27H28N4O3/c28-23(32)22-3-1-2-21(14-22)18-4-6-19(7-5-18)24-29-27(11-12-27)26(34)31(24)16-17-10-13-30(15-17)25(33)20-8-9-20/h1-7,14,17,20H,8-13,15-16H2,(H2,28,32)/t17-/m1/s1. The number of hydrogen-bond donors (Lipinski definition) is 1. The van der Waals surface area contributed by atoms with E-state index in [0.717, 1.165) is 67.7 Å². The van der Waals surface area contributed by atoms with Gasteiger partial charge in [0.1, 0.15) is 11.4 Å². The molecule has 1 saturated heterocycles. The number of aliphatic imine (C=N–C) groups is 1. The summed E-state index contributed by atoms with van der Waals surface area (Å²) in [4.78, 5) is 46.0. The maximum absolute atomic E-state index is 13.3. The van der Waals surface area contributed by atoms with Crippen molar-refractivity contribution < 1.29 is 14.4 Å². The van der Waals surface area contributed by atoms with E-state index in [0.29, 0.717) is 18.0 Å². The molecule has 7 heteroatoms. The summed E-state index contributed by atoms with van der Waals surface area (Å²) < 4.78 is 0. The van der Waals surface area contributed by atoms with Crippen LogP contribution in [0.5, 0.6) is 0 Å². The normalized spacial score (nSPS) is 22.9. The number of nitrogens with two attached hydrogens (primary N) is 1. The third-order valence-corrected chi connectivity index (χ3v) is 7.53. The average molecular weight is 457 g/mol. The van der Waals surface area contributed by atoms with Gasteiger partial charge in [-0.1, -0.05) is 36.4 Å². The molecule has 0 aromatic heterocycles. The van der Waals surface area contributed by atoms with Crippen LogP contribution in [0.2, 0.25) is 0 Å². The van der Waals surface area contributed by atoms with Crippen LogP contribution in [0.15, 0.2) is 53.5 Å². The number of primary amides is 1. The first kappa shape index (κ1) is 21.1. The molecule has 3 amide bonds. The zero-order valence-electron chi connectivity index (χ0n) is 19.1. The van der Waals surface area contributed by atoms with Crippen molar-refractivity contribution in [2.24, 2.45) is 22.6 Å². The topological polar surface area (TPSA) is 96.1 Å². The lowest BCUT2D eigenvalue weighted by Crippen LogP contribution is -2.40. The van der Waals surface area contributed by atoms with E-state index in [1.54, 1.807) is 12.1 Å². The SMILES string of the molecule is NC(=O)c1cccc(-c2ccc(C3=NC4(CC4)C(=O)N3C[C@@H]3CCN(C(=O)C4CC4)C3)cc2)c1. The first-order valence-electron chi connectivity index (χ1n) is 12.1. The van der Waals surface area contributed by atoms with Crippen LogP contribution in [0.4, 0.5) is 0 Å². The maximum atomic E-state index is 13.3. The molecule has 1 spiro atoms. The number of amides is 3. The minimum absolute atomic E-state index is 0.104. The molecule has 2 aliphatic carbocycles. The Bertz CT molecular complexity index is 1210. The van der Waals surface area contributed by atoms with E-state index < -0.39 is 11.4 Å². The predicted octanol–water partition coefficient (Wildman–Crippen LogP) is 2.83. The van der Waals surface area contributed by atoms with E-state index in [1.165, 1.54) is 0 Å². The highest BCUT2D eigenvalue weighted by Gasteiger charge is 2.57. The molecule has 0 radical (unpaired) electrons. The Balaban J connectivity index is 1.21. The van der Waals surface area contributed by atoms with Crippen molar-refractivity contribution >= 4 is 23.6 Å². The van der Waals surface area contributed by atoms with Gasteiger partial charge in [0.2, 0.25) is 11.8 Å². The smallest absolute Gasteiger partial charge is 0.256 e. The van der Waals surface area contributed by atoms with Gasteiger partial charge in [-0.3, -0.25) is 24.3 Å². The van der Waals surface area contributed by atoms with Crippen LogP contribution in [0, 0.1) is 11.8 Å². The summed E-state index contributed by atoms with van der Waals surface area (Å²) in [6.45, 7) is 2.13. The second kappa shape index (κ2) is 7.79. The van der Waals surface area contributed by atoms with Crippen molar-refractivity contribution in [3.63, 3.8) is 0 Å². The lowest BCUT2D eigenvalue weighted by atomic mass is 10.0. The summed E-state index contributed by atoms with van der Waals surface area (Å²) in [6.07, 6.45) is 4.58. The molecule has 2 N–H and O–H groups in total. The summed E-state index contributed by atoms with van der Waals surface area (Å²) >= 11 is 0.